The second-order valence-electron chi connectivity index (χ2n) is 22.2. The SMILES string of the molecule is [2H]c1c([2H])[n+](-c2cc(C(C)(C)C)cc(C(C)(C)C)c2)[c-]n1-c1[c-]c(Oc2[c-]c3c(c(C(C)(C)c4ccccc4)c2)c2ccccc2n3-c2cc(C(C)(C)C)ccn2)cc(C(C)(C)c2ccccc2)c1.[Pt]. The standard InChI is InChI=1S/C62H64N4O.Pt/c1-58(2,3)44-28-29-63-56(37-44)66-54-27-21-20-26-52(54)57-53(62(12,13)43-24-18-15-19-25-43)39-51(40-55(57)66)67-50-36-47(61(10,11)42-22-16-14-17-23-42)35-49(38-50)65-31-30-64(41-65)48-33-45(59(4,5)6)32-46(34-48)60(7,8)9;/h14-37,39H,1-13H3;/q-2;/i30D,31D;. The third kappa shape index (κ3) is 9.27. The molecule has 68 heavy (non-hydrogen) atoms. The van der Waals surface area contributed by atoms with E-state index in [0.29, 0.717) is 17.2 Å². The first-order chi connectivity index (χ1) is 32.4. The monoisotopic (exact) mass is 1080 g/mol. The van der Waals surface area contributed by atoms with Crippen molar-refractivity contribution in [1.82, 2.24) is 14.1 Å². The van der Waals surface area contributed by atoms with E-state index in [4.69, 9.17) is 9.72 Å². The van der Waals surface area contributed by atoms with Gasteiger partial charge >= 0.3 is 0 Å². The number of ether oxygens (including phenoxy) is 1. The van der Waals surface area contributed by atoms with Gasteiger partial charge in [0, 0.05) is 56.6 Å². The fourth-order valence-electron chi connectivity index (χ4n) is 9.09. The number of para-hydroxylation sites is 1. The molecule has 6 aromatic carbocycles. The zero-order chi connectivity index (χ0) is 49.4. The van der Waals surface area contributed by atoms with Crippen molar-refractivity contribution in [3.05, 3.63) is 209 Å². The molecule has 0 amide bonds. The maximum atomic E-state index is 9.47. The number of aromatic nitrogens is 4. The molecule has 0 aliphatic heterocycles. The van der Waals surface area contributed by atoms with Crippen molar-refractivity contribution in [3.63, 3.8) is 0 Å². The molecule has 0 spiro atoms. The van der Waals surface area contributed by atoms with Crippen molar-refractivity contribution < 1.29 is 33.1 Å². The summed E-state index contributed by atoms with van der Waals surface area (Å²) in [5.41, 5.74) is 9.67. The quantitative estimate of drug-likeness (QED) is 0.107. The van der Waals surface area contributed by atoms with Gasteiger partial charge in [-0.1, -0.05) is 186 Å². The molecule has 0 radical (unpaired) electrons. The summed E-state index contributed by atoms with van der Waals surface area (Å²) in [4.78, 5) is 5.00. The molecule has 9 rings (SSSR count). The minimum atomic E-state index is -0.495. The van der Waals surface area contributed by atoms with Crippen LogP contribution in [0.3, 0.4) is 0 Å². The van der Waals surface area contributed by atoms with Crippen molar-refractivity contribution in [2.75, 3.05) is 0 Å². The molecule has 0 unspecified atom stereocenters. The van der Waals surface area contributed by atoms with E-state index in [9.17, 15) is 2.74 Å². The Morgan fingerprint density at radius 3 is 1.75 bits per heavy atom. The Kier molecular flexibility index (Phi) is 12.0. The Hall–Kier alpha value is -6.03. The van der Waals surface area contributed by atoms with Crippen LogP contribution >= 0.6 is 0 Å². The molecule has 9 aromatic rings. The smallest absolute Gasteiger partial charge is 0.267 e. The number of imidazole rings is 1. The molecular weight excluding hydrogens is 1010 g/mol. The largest absolute Gasteiger partial charge is 0.510 e. The zero-order valence-electron chi connectivity index (χ0n) is 43.8. The third-order valence-electron chi connectivity index (χ3n) is 13.6. The second-order valence-corrected chi connectivity index (χ2v) is 22.2. The molecule has 0 aliphatic carbocycles. The van der Waals surface area contributed by atoms with Crippen LogP contribution in [0.15, 0.2) is 152 Å². The number of hydrogen-bond acceptors (Lipinski definition) is 2. The van der Waals surface area contributed by atoms with E-state index in [0.717, 1.165) is 61.1 Å². The van der Waals surface area contributed by atoms with Gasteiger partial charge in [-0.25, -0.2) is 4.98 Å². The van der Waals surface area contributed by atoms with E-state index in [-0.39, 0.29) is 49.7 Å². The minimum absolute atomic E-state index is 0. The summed E-state index contributed by atoms with van der Waals surface area (Å²) in [6, 6.07) is 53.9. The molecular formula is C62H64N4OPt-2. The maximum absolute atomic E-state index is 9.47. The molecule has 0 fully saturated rings. The maximum Gasteiger partial charge on any atom is 0.267 e. The van der Waals surface area contributed by atoms with Crippen LogP contribution in [0.4, 0.5) is 0 Å². The van der Waals surface area contributed by atoms with Crippen molar-refractivity contribution in [2.45, 2.75) is 117 Å². The van der Waals surface area contributed by atoms with Gasteiger partial charge in [0.1, 0.15) is 5.82 Å². The van der Waals surface area contributed by atoms with E-state index in [1.165, 1.54) is 11.1 Å². The Bertz CT molecular complexity index is 3350. The molecule has 0 saturated carbocycles. The first-order valence-electron chi connectivity index (χ1n) is 24.5. The number of rotatable bonds is 9. The van der Waals surface area contributed by atoms with Gasteiger partial charge in [0.2, 0.25) is 0 Å². The average Bonchev–Trinajstić information content (AvgIpc) is 3.80. The van der Waals surface area contributed by atoms with Crippen molar-refractivity contribution >= 4 is 21.8 Å². The van der Waals surface area contributed by atoms with Gasteiger partial charge in [-0.3, -0.25) is 4.57 Å². The summed E-state index contributed by atoms with van der Waals surface area (Å²) < 4.78 is 31.5. The number of hydrogen-bond donors (Lipinski definition) is 0. The van der Waals surface area contributed by atoms with Crippen molar-refractivity contribution in [1.29, 1.82) is 0 Å². The summed E-state index contributed by atoms with van der Waals surface area (Å²) in [6.07, 6.45) is 5.34. The van der Waals surface area contributed by atoms with E-state index < -0.39 is 10.8 Å². The van der Waals surface area contributed by atoms with Gasteiger partial charge in [0.25, 0.3) is 6.33 Å². The molecule has 3 aromatic heterocycles. The molecule has 0 bridgehead atoms. The van der Waals surface area contributed by atoms with Gasteiger partial charge < -0.3 is 13.9 Å². The molecule has 6 heteroatoms. The van der Waals surface area contributed by atoms with Crippen LogP contribution in [-0.2, 0) is 48.1 Å². The molecule has 0 atom stereocenters. The van der Waals surface area contributed by atoms with E-state index >= 15 is 0 Å². The predicted octanol–water partition coefficient (Wildman–Crippen LogP) is 15.0. The Morgan fingerprint density at radius 1 is 0.559 bits per heavy atom. The Morgan fingerprint density at radius 2 is 1.13 bits per heavy atom. The molecule has 0 saturated heterocycles. The molecule has 5 nitrogen and oxygen atoms in total. The summed E-state index contributed by atoms with van der Waals surface area (Å²) in [7, 11) is 0. The van der Waals surface area contributed by atoms with Crippen LogP contribution in [0.5, 0.6) is 11.5 Å². The Labute approximate surface area is 422 Å². The van der Waals surface area contributed by atoms with Gasteiger partial charge in [-0.05, 0) is 96.3 Å². The second kappa shape index (κ2) is 17.8. The number of fused-ring (bicyclic) bond motifs is 3. The van der Waals surface area contributed by atoms with Crippen molar-refractivity contribution in [2.24, 2.45) is 0 Å². The fraction of sp³-hybridized carbons (Fsp3) is 0.290. The van der Waals surface area contributed by atoms with Crippen LogP contribution in [0, 0.1) is 18.5 Å². The summed E-state index contributed by atoms with van der Waals surface area (Å²) in [6.45, 7) is 28.8. The van der Waals surface area contributed by atoms with Crippen LogP contribution in [-0.4, -0.2) is 14.1 Å². The van der Waals surface area contributed by atoms with Gasteiger partial charge in [0.05, 0.1) is 8.43 Å². The molecule has 0 N–H and O–H groups in total. The van der Waals surface area contributed by atoms with Crippen LogP contribution < -0.4 is 9.30 Å². The summed E-state index contributed by atoms with van der Waals surface area (Å²) in [5.74, 6) is 1.77. The number of nitrogens with zero attached hydrogens (tertiary/aromatic N) is 4. The van der Waals surface area contributed by atoms with Gasteiger partial charge in [-0.15, -0.1) is 35.4 Å². The number of benzene rings is 6. The third-order valence-corrected chi connectivity index (χ3v) is 13.6. The number of pyridine rings is 1. The topological polar surface area (TPSA) is 35.9 Å². The van der Waals surface area contributed by atoms with E-state index in [2.05, 4.69) is 228 Å². The Balaban J connectivity index is 0.00000659. The van der Waals surface area contributed by atoms with Gasteiger partial charge in [0.15, 0.2) is 0 Å². The van der Waals surface area contributed by atoms with Crippen LogP contribution in [0.2, 0.25) is 0 Å². The van der Waals surface area contributed by atoms with Crippen LogP contribution in [0.25, 0.3) is 39.0 Å². The molecule has 3 heterocycles. The average molecular weight is 1080 g/mol. The van der Waals surface area contributed by atoms with Crippen molar-refractivity contribution in [3.8, 4) is 28.7 Å². The minimum Gasteiger partial charge on any atom is -0.510 e. The normalized spacial score (nSPS) is 13.1. The van der Waals surface area contributed by atoms with Crippen LogP contribution in [0.1, 0.15) is 132 Å². The van der Waals surface area contributed by atoms with E-state index in [1.807, 2.05) is 24.4 Å². The summed E-state index contributed by atoms with van der Waals surface area (Å²) >= 11 is 0. The van der Waals surface area contributed by atoms with E-state index in [1.54, 1.807) is 9.13 Å². The predicted molar refractivity (Wildman–Crippen MR) is 276 cm³/mol. The van der Waals surface area contributed by atoms with Gasteiger partial charge in [-0.2, -0.15) is 6.07 Å². The first-order valence-corrected chi connectivity index (χ1v) is 23.5. The zero-order valence-corrected chi connectivity index (χ0v) is 44.1. The molecule has 350 valence electrons. The fourth-order valence-corrected chi connectivity index (χ4v) is 9.09. The first kappa shape index (κ1) is 45.7. The summed E-state index contributed by atoms with van der Waals surface area (Å²) in [5, 5.41) is 2.18. The molecule has 0 aliphatic rings.